The molecule has 1 saturated carbocycles. The predicted octanol–water partition coefficient (Wildman–Crippen LogP) is 3.39. The Morgan fingerprint density at radius 2 is 1.67 bits per heavy atom. The average molecular weight is 390 g/mol. The van der Waals surface area contributed by atoms with Crippen LogP contribution in [0.2, 0.25) is 0 Å². The Hall–Kier alpha value is -2.15. The third kappa shape index (κ3) is 3.52. The number of carbonyl (C=O) groups excluding carboxylic acids is 1. The molecule has 2 fully saturated rings. The highest BCUT2D eigenvalue weighted by Gasteiger charge is 2.43. The summed E-state index contributed by atoms with van der Waals surface area (Å²) in [4.78, 5) is 17.1. The Morgan fingerprint density at radius 1 is 1.00 bits per heavy atom. The number of aromatic amines is 1. The minimum atomic E-state index is -3.16. The van der Waals surface area contributed by atoms with Crippen LogP contribution in [0.25, 0.3) is 11.1 Å². The van der Waals surface area contributed by atoms with Gasteiger partial charge in [-0.2, -0.15) is 0 Å². The van der Waals surface area contributed by atoms with Crippen molar-refractivity contribution in [1.82, 2.24) is 9.88 Å². The van der Waals surface area contributed by atoms with Gasteiger partial charge in [-0.05, 0) is 42.2 Å². The molecule has 7 heteroatoms. The molecule has 0 bridgehead atoms. The number of nitrogens with one attached hydrogen (secondary N) is 1. The number of aromatic nitrogens is 1. The molecular formula is C20H23FN2O3S. The van der Waals surface area contributed by atoms with Crippen LogP contribution in [0.4, 0.5) is 4.39 Å². The van der Waals surface area contributed by atoms with E-state index in [4.69, 9.17) is 0 Å². The fourth-order valence-electron chi connectivity index (χ4n) is 3.97. The van der Waals surface area contributed by atoms with Gasteiger partial charge >= 0.3 is 0 Å². The zero-order valence-electron chi connectivity index (χ0n) is 15.0. The standard InChI is InChI=1S/C20H23FN2O3S/c21-16-8-6-14(7-9-16)15-10-19(22-11-15)20(24)23-12-18(13-23)27(25,26)17-4-2-1-3-5-17/h6-11,17-18,22H,1-5,12-13H2. The molecule has 1 aromatic carbocycles. The first-order chi connectivity index (χ1) is 12.9. The second-order valence-corrected chi connectivity index (χ2v) is 10.0. The third-order valence-electron chi connectivity index (χ3n) is 5.71. The van der Waals surface area contributed by atoms with E-state index in [1.807, 2.05) is 0 Å². The van der Waals surface area contributed by atoms with Crippen LogP contribution >= 0.6 is 0 Å². The van der Waals surface area contributed by atoms with Crippen LogP contribution in [0.5, 0.6) is 0 Å². The summed E-state index contributed by atoms with van der Waals surface area (Å²) in [6.45, 7) is 0.533. The summed E-state index contributed by atoms with van der Waals surface area (Å²) in [7, 11) is -3.16. The number of carbonyl (C=O) groups is 1. The lowest BCUT2D eigenvalue weighted by Crippen LogP contribution is -2.58. The maximum absolute atomic E-state index is 13.0. The van der Waals surface area contributed by atoms with Gasteiger partial charge < -0.3 is 9.88 Å². The molecular weight excluding hydrogens is 367 g/mol. The number of hydrogen-bond acceptors (Lipinski definition) is 3. The van der Waals surface area contributed by atoms with Crippen LogP contribution < -0.4 is 0 Å². The van der Waals surface area contributed by atoms with Crippen molar-refractivity contribution in [1.29, 1.82) is 0 Å². The quantitative estimate of drug-likeness (QED) is 0.870. The fourth-order valence-corrected chi connectivity index (χ4v) is 6.28. The van der Waals surface area contributed by atoms with Gasteiger partial charge in [0.05, 0.1) is 10.5 Å². The molecule has 1 N–H and O–H groups in total. The Bertz CT molecular complexity index is 924. The summed E-state index contributed by atoms with van der Waals surface area (Å²) in [5, 5.41) is -0.667. The SMILES string of the molecule is O=C(c1cc(-c2ccc(F)cc2)c[nH]1)N1CC(S(=O)(=O)C2CCCCC2)C1. The summed E-state index contributed by atoms with van der Waals surface area (Å²) in [6, 6.07) is 7.78. The number of amides is 1. The van der Waals surface area contributed by atoms with E-state index in [1.54, 1.807) is 29.3 Å². The van der Waals surface area contributed by atoms with Gasteiger partial charge in [0.1, 0.15) is 11.5 Å². The molecule has 1 aliphatic heterocycles. The number of rotatable bonds is 4. The number of H-pyrrole nitrogens is 1. The number of benzene rings is 1. The molecule has 5 nitrogen and oxygen atoms in total. The van der Waals surface area contributed by atoms with E-state index < -0.39 is 15.1 Å². The van der Waals surface area contributed by atoms with Crippen LogP contribution in [0, 0.1) is 5.82 Å². The second kappa shape index (κ2) is 7.11. The van der Waals surface area contributed by atoms with E-state index in [0.29, 0.717) is 5.69 Å². The van der Waals surface area contributed by atoms with Gasteiger partial charge in [0.25, 0.3) is 5.91 Å². The van der Waals surface area contributed by atoms with Crippen LogP contribution in [0.3, 0.4) is 0 Å². The number of sulfone groups is 1. The number of likely N-dealkylation sites (tertiary alicyclic amines) is 1. The zero-order valence-corrected chi connectivity index (χ0v) is 15.8. The predicted molar refractivity (Wildman–Crippen MR) is 102 cm³/mol. The molecule has 2 aliphatic rings. The van der Waals surface area contributed by atoms with Crippen LogP contribution in [-0.2, 0) is 9.84 Å². The average Bonchev–Trinajstić information content (AvgIpc) is 3.12. The largest absolute Gasteiger partial charge is 0.357 e. The molecule has 1 saturated heterocycles. The summed E-state index contributed by atoms with van der Waals surface area (Å²) in [6.07, 6.45) is 6.29. The Balaban J connectivity index is 1.40. The van der Waals surface area contributed by atoms with Crippen molar-refractivity contribution in [2.45, 2.75) is 42.6 Å². The molecule has 1 aromatic heterocycles. The number of halogens is 1. The topological polar surface area (TPSA) is 70.2 Å². The van der Waals surface area contributed by atoms with E-state index in [2.05, 4.69) is 4.98 Å². The lowest BCUT2D eigenvalue weighted by atomic mass is 10.0. The normalized spacial score (nSPS) is 19.1. The Morgan fingerprint density at radius 3 is 2.33 bits per heavy atom. The molecule has 27 heavy (non-hydrogen) atoms. The number of hydrogen-bond donors (Lipinski definition) is 1. The molecule has 2 aromatic rings. The van der Waals surface area contributed by atoms with E-state index in [1.165, 1.54) is 12.1 Å². The molecule has 144 valence electrons. The summed E-state index contributed by atoms with van der Waals surface area (Å²) >= 11 is 0. The summed E-state index contributed by atoms with van der Waals surface area (Å²) < 4.78 is 38.5. The highest BCUT2D eigenvalue weighted by Crippen LogP contribution is 2.30. The van der Waals surface area contributed by atoms with E-state index >= 15 is 0 Å². The van der Waals surface area contributed by atoms with Gasteiger partial charge in [0.15, 0.2) is 9.84 Å². The molecule has 0 unspecified atom stereocenters. The fraction of sp³-hybridized carbons (Fsp3) is 0.450. The van der Waals surface area contributed by atoms with Crippen LogP contribution in [-0.4, -0.2) is 47.8 Å². The zero-order chi connectivity index (χ0) is 19.0. The van der Waals surface area contributed by atoms with E-state index in [0.717, 1.165) is 43.2 Å². The highest BCUT2D eigenvalue weighted by atomic mass is 32.2. The molecule has 1 aliphatic carbocycles. The van der Waals surface area contributed by atoms with Gasteiger partial charge in [-0.25, -0.2) is 12.8 Å². The van der Waals surface area contributed by atoms with E-state index in [9.17, 15) is 17.6 Å². The van der Waals surface area contributed by atoms with Crippen molar-refractivity contribution in [3.8, 4) is 11.1 Å². The second-order valence-electron chi connectivity index (χ2n) is 7.49. The van der Waals surface area contributed by atoms with Crippen LogP contribution in [0.15, 0.2) is 36.5 Å². The van der Waals surface area contributed by atoms with Gasteiger partial charge in [-0.3, -0.25) is 4.79 Å². The molecule has 1 amide bonds. The van der Waals surface area contributed by atoms with Crippen LogP contribution in [0.1, 0.15) is 42.6 Å². The van der Waals surface area contributed by atoms with Crippen molar-refractivity contribution >= 4 is 15.7 Å². The first kappa shape index (κ1) is 18.2. The first-order valence-corrected chi connectivity index (χ1v) is 11.0. The minimum Gasteiger partial charge on any atom is -0.357 e. The molecule has 0 radical (unpaired) electrons. The van der Waals surface area contributed by atoms with Crippen molar-refractivity contribution < 1.29 is 17.6 Å². The van der Waals surface area contributed by atoms with Gasteiger partial charge in [0, 0.05) is 19.3 Å². The highest BCUT2D eigenvalue weighted by molar-refractivity contribution is 7.92. The minimum absolute atomic E-state index is 0.196. The molecule has 4 rings (SSSR count). The van der Waals surface area contributed by atoms with Crippen molar-refractivity contribution in [3.05, 3.63) is 48.0 Å². The monoisotopic (exact) mass is 390 g/mol. The smallest absolute Gasteiger partial charge is 0.270 e. The summed E-state index contributed by atoms with van der Waals surface area (Å²) in [5.74, 6) is -0.505. The lowest BCUT2D eigenvalue weighted by Gasteiger charge is -2.40. The van der Waals surface area contributed by atoms with Gasteiger partial charge in [-0.15, -0.1) is 0 Å². The molecule has 2 heterocycles. The molecule has 0 spiro atoms. The summed E-state index contributed by atoms with van der Waals surface area (Å²) in [5.41, 5.74) is 2.03. The maximum atomic E-state index is 13.0. The maximum Gasteiger partial charge on any atom is 0.270 e. The lowest BCUT2D eigenvalue weighted by molar-refractivity contribution is 0.0652. The van der Waals surface area contributed by atoms with Crippen molar-refractivity contribution in [2.75, 3.05) is 13.1 Å². The van der Waals surface area contributed by atoms with Crippen molar-refractivity contribution in [2.24, 2.45) is 0 Å². The number of nitrogens with zero attached hydrogens (tertiary/aromatic N) is 1. The first-order valence-electron chi connectivity index (χ1n) is 9.41. The Kier molecular flexibility index (Phi) is 4.80. The third-order valence-corrected chi connectivity index (χ3v) is 8.34. The van der Waals surface area contributed by atoms with E-state index in [-0.39, 0.29) is 30.1 Å². The van der Waals surface area contributed by atoms with Gasteiger partial charge in [0.2, 0.25) is 0 Å². The molecule has 0 atom stereocenters. The Labute approximate surface area is 158 Å². The van der Waals surface area contributed by atoms with Gasteiger partial charge in [-0.1, -0.05) is 31.4 Å². The van der Waals surface area contributed by atoms with Crippen molar-refractivity contribution in [3.63, 3.8) is 0 Å².